The van der Waals surface area contributed by atoms with Crippen molar-refractivity contribution in [3.63, 3.8) is 0 Å². The summed E-state index contributed by atoms with van der Waals surface area (Å²) < 4.78 is 0. The Bertz CT molecular complexity index is 348. The molecule has 2 rings (SSSR count). The summed E-state index contributed by atoms with van der Waals surface area (Å²) >= 11 is 0. The smallest absolute Gasteiger partial charge is 0.115 e. The highest BCUT2D eigenvalue weighted by Gasteiger charge is 2.14. The maximum Gasteiger partial charge on any atom is 0.115 e. The van der Waals surface area contributed by atoms with Crippen LogP contribution in [0.5, 0.6) is 5.75 Å². The van der Waals surface area contributed by atoms with E-state index in [1.807, 2.05) is 12.1 Å². The third-order valence-electron chi connectivity index (χ3n) is 3.48. The molecule has 0 radical (unpaired) electrons. The Morgan fingerprint density at radius 2 is 2.41 bits per heavy atom. The predicted molar refractivity (Wildman–Crippen MR) is 70.1 cm³/mol. The van der Waals surface area contributed by atoms with Gasteiger partial charge in [-0.1, -0.05) is 12.1 Å². The summed E-state index contributed by atoms with van der Waals surface area (Å²) in [4.78, 5) is 0. The van der Waals surface area contributed by atoms with Gasteiger partial charge in [0.2, 0.25) is 0 Å². The van der Waals surface area contributed by atoms with Crippen LogP contribution in [0.15, 0.2) is 24.3 Å². The van der Waals surface area contributed by atoms with Gasteiger partial charge in [-0.05, 0) is 63.0 Å². The number of nitrogens with one attached hydrogen (secondary N) is 2. The molecule has 1 fully saturated rings. The standard InChI is InChI=1S/C14H22N2O/c1-11(13-5-2-6-14(17)8-13)16-10-12-4-3-7-15-9-12/h2,5-6,8,11-12,15-17H,3-4,7,9-10H2,1H3. The summed E-state index contributed by atoms with van der Waals surface area (Å²) in [6.45, 7) is 5.48. The number of phenols is 1. The summed E-state index contributed by atoms with van der Waals surface area (Å²) in [5.74, 6) is 1.08. The molecule has 2 unspecified atom stereocenters. The normalized spacial score (nSPS) is 22.3. The number of aromatic hydroxyl groups is 1. The molecule has 2 atom stereocenters. The zero-order valence-electron chi connectivity index (χ0n) is 10.4. The molecule has 0 aliphatic carbocycles. The van der Waals surface area contributed by atoms with Crippen molar-refractivity contribution in [1.82, 2.24) is 10.6 Å². The summed E-state index contributed by atoms with van der Waals surface area (Å²) in [7, 11) is 0. The molecule has 94 valence electrons. The first kappa shape index (κ1) is 12.4. The monoisotopic (exact) mass is 234 g/mol. The molecule has 0 spiro atoms. The van der Waals surface area contributed by atoms with Crippen LogP contribution in [0.4, 0.5) is 0 Å². The summed E-state index contributed by atoms with van der Waals surface area (Å²) in [5, 5.41) is 16.4. The van der Waals surface area contributed by atoms with Crippen LogP contribution in [0.2, 0.25) is 0 Å². The van der Waals surface area contributed by atoms with Crippen LogP contribution < -0.4 is 10.6 Å². The molecule has 3 N–H and O–H groups in total. The van der Waals surface area contributed by atoms with Crippen molar-refractivity contribution in [2.75, 3.05) is 19.6 Å². The third-order valence-corrected chi connectivity index (χ3v) is 3.48. The fraction of sp³-hybridized carbons (Fsp3) is 0.571. The maximum atomic E-state index is 9.44. The average molecular weight is 234 g/mol. The van der Waals surface area contributed by atoms with Gasteiger partial charge in [-0.25, -0.2) is 0 Å². The lowest BCUT2D eigenvalue weighted by molar-refractivity contribution is 0.348. The highest BCUT2D eigenvalue weighted by atomic mass is 16.3. The summed E-state index contributed by atoms with van der Waals surface area (Å²) in [6.07, 6.45) is 2.60. The van der Waals surface area contributed by atoms with Crippen molar-refractivity contribution in [1.29, 1.82) is 0 Å². The molecule has 17 heavy (non-hydrogen) atoms. The van der Waals surface area contributed by atoms with E-state index in [1.165, 1.54) is 19.4 Å². The molecule has 1 aromatic carbocycles. The van der Waals surface area contributed by atoms with Crippen molar-refractivity contribution in [2.24, 2.45) is 5.92 Å². The minimum atomic E-state index is 0.295. The van der Waals surface area contributed by atoms with E-state index < -0.39 is 0 Å². The summed E-state index contributed by atoms with van der Waals surface area (Å²) in [5.41, 5.74) is 1.15. The van der Waals surface area contributed by atoms with E-state index in [2.05, 4.69) is 23.6 Å². The molecule has 0 bridgehead atoms. The SMILES string of the molecule is CC(NCC1CCCNC1)c1cccc(O)c1. The molecule has 1 aromatic rings. The van der Waals surface area contributed by atoms with Crippen molar-refractivity contribution in [2.45, 2.75) is 25.8 Å². The number of phenolic OH excluding ortho intramolecular Hbond substituents is 1. The lowest BCUT2D eigenvalue weighted by Gasteiger charge is -2.25. The molecule has 1 heterocycles. The van der Waals surface area contributed by atoms with E-state index in [0.717, 1.165) is 24.6 Å². The molecule has 1 aliphatic heterocycles. The van der Waals surface area contributed by atoms with E-state index in [1.54, 1.807) is 6.07 Å². The quantitative estimate of drug-likeness (QED) is 0.747. The number of piperidine rings is 1. The van der Waals surface area contributed by atoms with Gasteiger partial charge in [0, 0.05) is 6.04 Å². The lowest BCUT2D eigenvalue weighted by Crippen LogP contribution is -2.36. The highest BCUT2D eigenvalue weighted by Crippen LogP contribution is 2.18. The number of benzene rings is 1. The first-order valence-corrected chi connectivity index (χ1v) is 6.49. The third kappa shape index (κ3) is 3.72. The molecule has 1 saturated heterocycles. The topological polar surface area (TPSA) is 44.3 Å². The van der Waals surface area contributed by atoms with Crippen LogP contribution in [-0.2, 0) is 0 Å². The average Bonchev–Trinajstić information content (AvgIpc) is 2.37. The second kappa shape index (κ2) is 6.03. The van der Waals surface area contributed by atoms with E-state index in [4.69, 9.17) is 0 Å². The molecular weight excluding hydrogens is 212 g/mol. The van der Waals surface area contributed by atoms with Crippen LogP contribution >= 0.6 is 0 Å². The highest BCUT2D eigenvalue weighted by molar-refractivity contribution is 5.28. The largest absolute Gasteiger partial charge is 0.508 e. The van der Waals surface area contributed by atoms with Gasteiger partial charge in [0.05, 0.1) is 0 Å². The molecule has 0 aromatic heterocycles. The minimum Gasteiger partial charge on any atom is -0.508 e. The first-order chi connectivity index (χ1) is 8.25. The van der Waals surface area contributed by atoms with E-state index >= 15 is 0 Å². The molecule has 0 amide bonds. The van der Waals surface area contributed by atoms with Crippen molar-refractivity contribution in [3.05, 3.63) is 29.8 Å². The number of rotatable bonds is 4. The predicted octanol–water partition coefficient (Wildman–Crippen LogP) is 2.04. The van der Waals surface area contributed by atoms with Crippen LogP contribution in [0, 0.1) is 5.92 Å². The van der Waals surface area contributed by atoms with Crippen LogP contribution in [-0.4, -0.2) is 24.7 Å². The van der Waals surface area contributed by atoms with E-state index in [-0.39, 0.29) is 0 Å². The Morgan fingerprint density at radius 3 is 3.12 bits per heavy atom. The maximum absolute atomic E-state index is 9.44. The fourth-order valence-electron chi connectivity index (χ4n) is 2.35. The Balaban J connectivity index is 1.82. The van der Waals surface area contributed by atoms with Gasteiger partial charge in [-0.15, -0.1) is 0 Å². The Labute approximate surface area is 103 Å². The van der Waals surface area contributed by atoms with Gasteiger partial charge >= 0.3 is 0 Å². The van der Waals surface area contributed by atoms with Crippen molar-refractivity contribution in [3.8, 4) is 5.75 Å². The van der Waals surface area contributed by atoms with Gasteiger partial charge in [0.25, 0.3) is 0 Å². The van der Waals surface area contributed by atoms with E-state index in [0.29, 0.717) is 11.8 Å². The van der Waals surface area contributed by atoms with Gasteiger partial charge in [-0.3, -0.25) is 0 Å². The molecule has 1 aliphatic rings. The molecular formula is C14H22N2O. The Hall–Kier alpha value is -1.06. The van der Waals surface area contributed by atoms with Crippen LogP contribution in [0.1, 0.15) is 31.4 Å². The lowest BCUT2D eigenvalue weighted by atomic mass is 9.99. The molecule has 3 nitrogen and oxygen atoms in total. The van der Waals surface area contributed by atoms with Gasteiger partial charge in [-0.2, -0.15) is 0 Å². The molecule has 0 saturated carbocycles. The van der Waals surface area contributed by atoms with Crippen molar-refractivity contribution >= 4 is 0 Å². The van der Waals surface area contributed by atoms with Gasteiger partial charge < -0.3 is 15.7 Å². The number of hydrogen-bond donors (Lipinski definition) is 3. The van der Waals surface area contributed by atoms with Gasteiger partial charge in [0.15, 0.2) is 0 Å². The minimum absolute atomic E-state index is 0.295. The van der Waals surface area contributed by atoms with Crippen LogP contribution in [0.3, 0.4) is 0 Å². The summed E-state index contributed by atoms with van der Waals surface area (Å²) in [6, 6.07) is 7.78. The Morgan fingerprint density at radius 1 is 1.53 bits per heavy atom. The first-order valence-electron chi connectivity index (χ1n) is 6.49. The fourth-order valence-corrected chi connectivity index (χ4v) is 2.35. The second-order valence-corrected chi connectivity index (χ2v) is 4.94. The van der Waals surface area contributed by atoms with Crippen molar-refractivity contribution < 1.29 is 5.11 Å². The molecule has 3 heteroatoms. The second-order valence-electron chi connectivity index (χ2n) is 4.94. The Kier molecular flexibility index (Phi) is 4.40. The zero-order valence-corrected chi connectivity index (χ0v) is 10.4. The van der Waals surface area contributed by atoms with E-state index in [9.17, 15) is 5.11 Å². The number of hydrogen-bond acceptors (Lipinski definition) is 3. The zero-order chi connectivity index (χ0) is 12.1. The van der Waals surface area contributed by atoms with Crippen LogP contribution in [0.25, 0.3) is 0 Å². The van der Waals surface area contributed by atoms with Gasteiger partial charge in [0.1, 0.15) is 5.75 Å².